The fourth-order valence-corrected chi connectivity index (χ4v) is 1.71. The third-order valence-electron chi connectivity index (χ3n) is 2.89. The molecule has 0 aliphatic carbocycles. The summed E-state index contributed by atoms with van der Waals surface area (Å²) < 4.78 is 0. The molecule has 0 unspecified atom stereocenters. The second-order valence-corrected chi connectivity index (χ2v) is 5.01. The maximum Gasteiger partial charge on any atom is 0.307 e. The van der Waals surface area contributed by atoms with Gasteiger partial charge in [0.2, 0.25) is 0 Å². The van der Waals surface area contributed by atoms with Gasteiger partial charge in [-0.15, -0.1) is 0 Å². The van der Waals surface area contributed by atoms with Crippen LogP contribution in [0.25, 0.3) is 0 Å². The third kappa shape index (κ3) is 19.9. The number of carboxylic acids is 1. The van der Waals surface area contributed by atoms with Crippen molar-refractivity contribution in [2.75, 3.05) is 0 Å². The van der Waals surface area contributed by atoms with Gasteiger partial charge in [0, 0.05) is 0 Å². The molecule has 2 heteroatoms. The zero-order valence-electron chi connectivity index (χ0n) is 14.2. The lowest BCUT2D eigenvalue weighted by Crippen LogP contribution is -1.89. The zero-order chi connectivity index (χ0) is 17.0. The van der Waals surface area contributed by atoms with Gasteiger partial charge in [-0.05, 0) is 38.5 Å². The maximum atomic E-state index is 10.3. The smallest absolute Gasteiger partial charge is 0.307 e. The van der Waals surface area contributed by atoms with Crippen molar-refractivity contribution in [1.29, 1.82) is 0 Å². The maximum absolute atomic E-state index is 10.3. The molecule has 23 heavy (non-hydrogen) atoms. The molecule has 0 aliphatic rings. The van der Waals surface area contributed by atoms with Gasteiger partial charge in [-0.2, -0.15) is 0 Å². The first-order valence-electron chi connectivity index (χ1n) is 8.39. The van der Waals surface area contributed by atoms with E-state index in [9.17, 15) is 4.79 Å². The molecule has 0 amide bonds. The Balaban J connectivity index is 3.52. The van der Waals surface area contributed by atoms with Crippen LogP contribution in [-0.4, -0.2) is 11.1 Å². The Bertz CT molecular complexity index is 448. The second-order valence-electron chi connectivity index (χ2n) is 5.01. The number of rotatable bonds is 13. The molecule has 0 fully saturated rings. The van der Waals surface area contributed by atoms with Crippen LogP contribution in [0.4, 0.5) is 0 Å². The number of allylic oxidation sites excluding steroid dienone is 11. The summed E-state index contributed by atoms with van der Waals surface area (Å²) >= 11 is 0. The van der Waals surface area contributed by atoms with Gasteiger partial charge in [0.1, 0.15) is 0 Å². The van der Waals surface area contributed by atoms with Crippen LogP contribution in [0.5, 0.6) is 0 Å². The van der Waals surface area contributed by atoms with Gasteiger partial charge >= 0.3 is 5.97 Å². The van der Waals surface area contributed by atoms with Gasteiger partial charge in [-0.25, -0.2) is 0 Å². The van der Waals surface area contributed by atoms with Crippen molar-refractivity contribution in [2.24, 2.45) is 0 Å². The molecule has 0 aromatic rings. The summed E-state index contributed by atoms with van der Waals surface area (Å²) in [7, 11) is 0. The molecule has 0 aromatic heterocycles. The standard InChI is InChI=1S/C21H30O2/c1-2-3-4-5-6-7-8-9-10-11-12-13-14-15-16-17-18-19-20-21(22)23/h3-4,6-7,9-10,12-13,15-16,18-19H,2,5,8,11,14,17,20H2,1H3,(H,22,23). The molecule has 0 aromatic carbocycles. The van der Waals surface area contributed by atoms with Crippen molar-refractivity contribution in [1.82, 2.24) is 0 Å². The second kappa shape index (κ2) is 18.0. The van der Waals surface area contributed by atoms with E-state index in [0.29, 0.717) is 0 Å². The van der Waals surface area contributed by atoms with Crippen LogP contribution < -0.4 is 0 Å². The van der Waals surface area contributed by atoms with Crippen molar-refractivity contribution < 1.29 is 9.90 Å². The fourth-order valence-electron chi connectivity index (χ4n) is 1.71. The van der Waals surface area contributed by atoms with Crippen LogP contribution in [-0.2, 0) is 4.79 Å². The average Bonchev–Trinajstić information content (AvgIpc) is 2.53. The molecule has 2 nitrogen and oxygen atoms in total. The monoisotopic (exact) mass is 314 g/mol. The van der Waals surface area contributed by atoms with E-state index in [1.807, 2.05) is 6.08 Å². The Morgan fingerprint density at radius 1 is 0.609 bits per heavy atom. The van der Waals surface area contributed by atoms with Crippen LogP contribution in [0.2, 0.25) is 0 Å². The van der Waals surface area contributed by atoms with Crippen LogP contribution >= 0.6 is 0 Å². The van der Waals surface area contributed by atoms with Crippen LogP contribution in [0, 0.1) is 0 Å². The molecule has 0 bridgehead atoms. The Morgan fingerprint density at radius 3 is 1.22 bits per heavy atom. The van der Waals surface area contributed by atoms with Crippen molar-refractivity contribution in [3.8, 4) is 0 Å². The number of aliphatic carboxylic acids is 1. The number of carboxylic acid groups (broad SMARTS) is 1. The molecule has 1 N–H and O–H groups in total. The van der Waals surface area contributed by atoms with Crippen molar-refractivity contribution in [2.45, 2.75) is 51.9 Å². The summed E-state index contributed by atoms with van der Waals surface area (Å²) in [5, 5.41) is 8.46. The highest BCUT2D eigenvalue weighted by Crippen LogP contribution is 1.96. The Morgan fingerprint density at radius 2 is 0.913 bits per heavy atom. The molecule has 126 valence electrons. The average molecular weight is 314 g/mol. The summed E-state index contributed by atoms with van der Waals surface area (Å²) in [5.41, 5.74) is 0. The first-order valence-corrected chi connectivity index (χ1v) is 8.39. The summed E-state index contributed by atoms with van der Waals surface area (Å²) in [6, 6.07) is 0. The topological polar surface area (TPSA) is 37.3 Å². The molecule has 0 spiro atoms. The summed E-state index contributed by atoms with van der Waals surface area (Å²) in [6.07, 6.45) is 31.1. The summed E-state index contributed by atoms with van der Waals surface area (Å²) in [5.74, 6) is -0.787. The first kappa shape index (κ1) is 20.9. The lowest BCUT2D eigenvalue weighted by Gasteiger charge is -1.86. The van der Waals surface area contributed by atoms with E-state index in [0.717, 1.165) is 38.5 Å². The van der Waals surface area contributed by atoms with Crippen LogP contribution in [0.1, 0.15) is 51.9 Å². The van der Waals surface area contributed by atoms with Crippen molar-refractivity contribution in [3.63, 3.8) is 0 Å². The highest BCUT2D eigenvalue weighted by Gasteiger charge is 1.87. The quantitative estimate of drug-likeness (QED) is 0.413. The van der Waals surface area contributed by atoms with Crippen molar-refractivity contribution in [3.05, 3.63) is 72.9 Å². The molecule has 0 aliphatic heterocycles. The van der Waals surface area contributed by atoms with Crippen LogP contribution in [0.15, 0.2) is 72.9 Å². The summed E-state index contributed by atoms with van der Waals surface area (Å²) in [6.45, 7) is 2.14. The van der Waals surface area contributed by atoms with Gasteiger partial charge in [-0.1, -0.05) is 79.8 Å². The van der Waals surface area contributed by atoms with Crippen LogP contribution in [0.3, 0.4) is 0 Å². The van der Waals surface area contributed by atoms with Gasteiger partial charge in [-0.3, -0.25) is 4.79 Å². The van der Waals surface area contributed by atoms with Gasteiger partial charge in [0.25, 0.3) is 0 Å². The minimum Gasteiger partial charge on any atom is -0.481 e. The Labute approximate surface area is 141 Å². The fraction of sp³-hybridized carbons (Fsp3) is 0.381. The lowest BCUT2D eigenvalue weighted by atomic mass is 10.2. The molecule has 0 heterocycles. The van der Waals surface area contributed by atoms with E-state index < -0.39 is 5.97 Å². The molecule has 0 atom stereocenters. The normalized spacial score (nSPS) is 13.1. The van der Waals surface area contributed by atoms with Gasteiger partial charge in [0.15, 0.2) is 0 Å². The number of carbonyl (C=O) groups is 1. The molecule has 0 saturated carbocycles. The summed E-state index contributed by atoms with van der Waals surface area (Å²) in [4.78, 5) is 10.3. The Kier molecular flexibility index (Phi) is 16.3. The van der Waals surface area contributed by atoms with Gasteiger partial charge in [0.05, 0.1) is 6.42 Å². The SMILES string of the molecule is CCC=CCC=CCC=CCC=CCC=CCC=CCC(=O)O. The predicted octanol–water partition coefficient (Wildman–Crippen LogP) is 6.16. The molecular weight excluding hydrogens is 284 g/mol. The van der Waals surface area contributed by atoms with Crippen molar-refractivity contribution >= 4 is 5.97 Å². The van der Waals surface area contributed by atoms with E-state index in [1.165, 1.54) is 0 Å². The lowest BCUT2D eigenvalue weighted by molar-refractivity contribution is -0.136. The predicted molar refractivity (Wildman–Crippen MR) is 100 cm³/mol. The third-order valence-corrected chi connectivity index (χ3v) is 2.89. The number of hydrogen-bond donors (Lipinski definition) is 1. The number of hydrogen-bond acceptors (Lipinski definition) is 1. The molecule has 0 rings (SSSR count). The van der Waals surface area contributed by atoms with E-state index >= 15 is 0 Å². The Hall–Kier alpha value is -2.09. The minimum atomic E-state index is -0.787. The minimum absolute atomic E-state index is 0.102. The first-order chi connectivity index (χ1) is 11.3. The molecule has 0 saturated heterocycles. The highest BCUT2D eigenvalue weighted by atomic mass is 16.4. The van der Waals surface area contributed by atoms with E-state index in [4.69, 9.17) is 5.11 Å². The molecule has 0 radical (unpaired) electrons. The van der Waals surface area contributed by atoms with E-state index in [1.54, 1.807) is 6.08 Å². The van der Waals surface area contributed by atoms with E-state index in [2.05, 4.69) is 67.7 Å². The largest absolute Gasteiger partial charge is 0.481 e. The zero-order valence-corrected chi connectivity index (χ0v) is 14.2. The molecular formula is C21H30O2. The van der Waals surface area contributed by atoms with E-state index in [-0.39, 0.29) is 6.42 Å². The highest BCUT2D eigenvalue weighted by molar-refractivity contribution is 5.68. The van der Waals surface area contributed by atoms with Gasteiger partial charge < -0.3 is 5.11 Å².